The Kier molecular flexibility index (Phi) is 6.09. The molecular formula is C22H13F9N4O. The summed E-state index contributed by atoms with van der Waals surface area (Å²) in [6.07, 6.45) is -12.4. The molecule has 5 nitrogen and oxygen atoms in total. The summed E-state index contributed by atoms with van der Waals surface area (Å²) in [4.78, 5) is 8.16. The molecule has 0 spiro atoms. The van der Waals surface area contributed by atoms with Crippen LogP contribution >= 0.6 is 0 Å². The third-order valence-corrected chi connectivity index (χ3v) is 4.94. The topological polar surface area (TPSA) is 52.3 Å². The number of hydrogen-bond donors (Lipinski definition) is 0. The number of aromatic nitrogens is 4. The number of pyridine rings is 1. The van der Waals surface area contributed by atoms with Crippen molar-refractivity contribution in [1.29, 1.82) is 0 Å². The first-order valence-electron chi connectivity index (χ1n) is 9.94. The fraction of sp³-hybridized carbons (Fsp3) is 0.227. The van der Waals surface area contributed by atoms with Crippen LogP contribution in [0, 0.1) is 6.92 Å². The van der Waals surface area contributed by atoms with Crippen LogP contribution in [0.4, 0.5) is 39.5 Å². The first-order valence-corrected chi connectivity index (χ1v) is 9.94. The van der Waals surface area contributed by atoms with Crippen molar-refractivity contribution in [2.45, 2.75) is 25.5 Å². The van der Waals surface area contributed by atoms with E-state index in [0.29, 0.717) is 34.0 Å². The number of hydrogen-bond acceptors (Lipinski definition) is 4. The molecule has 14 heteroatoms. The van der Waals surface area contributed by atoms with Crippen LogP contribution in [0.25, 0.3) is 28.0 Å². The van der Waals surface area contributed by atoms with Gasteiger partial charge in [-0.2, -0.15) is 44.6 Å². The number of nitrogens with zero attached hydrogens (tertiary/aromatic N) is 4. The Bertz CT molecular complexity index is 1420. The van der Waals surface area contributed by atoms with Gasteiger partial charge in [0.2, 0.25) is 0 Å². The van der Waals surface area contributed by atoms with Gasteiger partial charge in [0.1, 0.15) is 5.75 Å². The fourth-order valence-electron chi connectivity index (χ4n) is 3.42. The van der Waals surface area contributed by atoms with Crippen molar-refractivity contribution in [3.05, 3.63) is 65.7 Å². The highest BCUT2D eigenvalue weighted by Crippen LogP contribution is 2.40. The molecule has 0 radical (unpaired) electrons. The zero-order valence-corrected chi connectivity index (χ0v) is 17.9. The largest absolute Gasteiger partial charge is 0.483 e. The summed E-state index contributed by atoms with van der Waals surface area (Å²) in [5.74, 6) is -1.20. The van der Waals surface area contributed by atoms with Crippen LogP contribution in [0.2, 0.25) is 0 Å². The zero-order valence-electron chi connectivity index (χ0n) is 17.9. The maximum atomic E-state index is 13.8. The second-order valence-electron chi connectivity index (χ2n) is 7.62. The van der Waals surface area contributed by atoms with Crippen molar-refractivity contribution in [3.8, 4) is 28.1 Å². The minimum Gasteiger partial charge on any atom is -0.483 e. The number of fused-ring (bicyclic) bond motifs is 1. The molecule has 0 amide bonds. The molecule has 0 bridgehead atoms. The van der Waals surface area contributed by atoms with Gasteiger partial charge in [0.15, 0.2) is 17.9 Å². The molecule has 190 valence electrons. The average Bonchev–Trinajstić information content (AvgIpc) is 3.19. The fourth-order valence-corrected chi connectivity index (χ4v) is 3.42. The Hall–Kier alpha value is -3.84. The molecule has 0 atom stereocenters. The Morgan fingerprint density at radius 3 is 2.19 bits per heavy atom. The van der Waals surface area contributed by atoms with Gasteiger partial charge in [-0.05, 0) is 42.8 Å². The number of rotatable bonds is 4. The number of halogens is 9. The number of benzene rings is 1. The van der Waals surface area contributed by atoms with E-state index in [1.165, 1.54) is 12.3 Å². The van der Waals surface area contributed by atoms with Gasteiger partial charge in [0.25, 0.3) is 0 Å². The van der Waals surface area contributed by atoms with E-state index in [1.54, 1.807) is 13.0 Å². The van der Waals surface area contributed by atoms with E-state index in [1.807, 2.05) is 0 Å². The Morgan fingerprint density at radius 2 is 1.58 bits per heavy atom. The summed E-state index contributed by atoms with van der Waals surface area (Å²) in [6, 6.07) is 5.41. The van der Waals surface area contributed by atoms with Crippen molar-refractivity contribution in [1.82, 2.24) is 19.6 Å². The molecular weight excluding hydrogens is 507 g/mol. The predicted molar refractivity (Wildman–Crippen MR) is 108 cm³/mol. The van der Waals surface area contributed by atoms with Gasteiger partial charge in [-0.25, -0.2) is 9.50 Å². The zero-order chi connectivity index (χ0) is 26.5. The van der Waals surface area contributed by atoms with Crippen LogP contribution in [-0.2, 0) is 12.4 Å². The van der Waals surface area contributed by atoms with Crippen molar-refractivity contribution in [2.24, 2.45) is 0 Å². The van der Waals surface area contributed by atoms with Gasteiger partial charge >= 0.3 is 18.5 Å². The van der Waals surface area contributed by atoms with Crippen molar-refractivity contribution in [2.75, 3.05) is 6.61 Å². The van der Waals surface area contributed by atoms with Crippen molar-refractivity contribution < 1.29 is 44.3 Å². The van der Waals surface area contributed by atoms with Gasteiger partial charge < -0.3 is 4.74 Å². The molecule has 4 rings (SSSR count). The Morgan fingerprint density at radius 1 is 0.861 bits per heavy atom. The van der Waals surface area contributed by atoms with Crippen LogP contribution in [0.15, 0.2) is 48.8 Å². The molecule has 0 N–H and O–H groups in total. The van der Waals surface area contributed by atoms with Crippen LogP contribution in [-0.4, -0.2) is 32.4 Å². The lowest BCUT2D eigenvalue weighted by Crippen LogP contribution is -2.21. The summed E-state index contributed by atoms with van der Waals surface area (Å²) in [5.41, 5.74) is -2.72. The van der Waals surface area contributed by atoms with Gasteiger partial charge in [0, 0.05) is 23.0 Å². The van der Waals surface area contributed by atoms with E-state index in [-0.39, 0.29) is 16.8 Å². The van der Waals surface area contributed by atoms with Gasteiger partial charge in [-0.3, -0.25) is 4.98 Å². The van der Waals surface area contributed by atoms with E-state index < -0.39 is 47.8 Å². The molecule has 0 unspecified atom stereocenters. The molecule has 0 fully saturated rings. The number of alkyl halides is 9. The van der Waals surface area contributed by atoms with Gasteiger partial charge in [-0.15, -0.1) is 0 Å². The van der Waals surface area contributed by atoms with Gasteiger partial charge in [-0.1, -0.05) is 6.07 Å². The number of aryl methyl sites for hydroxylation is 1. The normalized spacial score (nSPS) is 12.8. The monoisotopic (exact) mass is 520 g/mol. The van der Waals surface area contributed by atoms with Crippen LogP contribution < -0.4 is 4.74 Å². The SMILES string of the molecule is Cc1cc(-c2cnn3c(C(F)(F)F)cc(-c4ccc(C(F)(F)F)c(OCC(F)(F)F)c4)nc23)ccn1. The second-order valence-corrected chi connectivity index (χ2v) is 7.62. The van der Waals surface area contributed by atoms with E-state index in [4.69, 9.17) is 0 Å². The van der Waals surface area contributed by atoms with Gasteiger partial charge in [0.05, 0.1) is 17.5 Å². The van der Waals surface area contributed by atoms with E-state index in [2.05, 4.69) is 19.8 Å². The molecule has 0 aliphatic heterocycles. The summed E-state index contributed by atoms with van der Waals surface area (Å²) in [6.45, 7) is -0.381. The minimum atomic E-state index is -5.08. The molecule has 0 aliphatic rings. The predicted octanol–water partition coefficient (Wildman–Crippen LogP) is 6.75. The molecule has 3 heterocycles. The summed E-state index contributed by atoms with van der Waals surface area (Å²) < 4.78 is 124. The molecule has 36 heavy (non-hydrogen) atoms. The molecule has 1 aromatic carbocycles. The van der Waals surface area contributed by atoms with E-state index in [0.717, 1.165) is 12.3 Å². The molecule has 0 saturated carbocycles. The van der Waals surface area contributed by atoms with Crippen LogP contribution in [0.3, 0.4) is 0 Å². The highest BCUT2D eigenvalue weighted by Gasteiger charge is 2.38. The summed E-state index contributed by atoms with van der Waals surface area (Å²) >= 11 is 0. The third kappa shape index (κ3) is 5.21. The maximum Gasteiger partial charge on any atom is 0.433 e. The highest BCUT2D eigenvalue weighted by atomic mass is 19.4. The lowest BCUT2D eigenvalue weighted by molar-refractivity contribution is -0.158. The Labute approximate surface area is 196 Å². The molecule has 4 aromatic rings. The smallest absolute Gasteiger partial charge is 0.433 e. The molecule has 0 saturated heterocycles. The molecule has 3 aromatic heterocycles. The lowest BCUT2D eigenvalue weighted by Gasteiger charge is -2.17. The summed E-state index contributed by atoms with van der Waals surface area (Å²) in [7, 11) is 0. The quantitative estimate of drug-likeness (QED) is 0.280. The van der Waals surface area contributed by atoms with E-state index in [9.17, 15) is 39.5 Å². The second kappa shape index (κ2) is 8.68. The van der Waals surface area contributed by atoms with Crippen molar-refractivity contribution >= 4 is 5.65 Å². The van der Waals surface area contributed by atoms with E-state index >= 15 is 0 Å². The maximum absolute atomic E-state index is 13.8. The number of ether oxygens (including phenoxy) is 1. The van der Waals surface area contributed by atoms with Crippen LogP contribution in [0.1, 0.15) is 17.0 Å². The molecule has 0 aliphatic carbocycles. The Balaban J connectivity index is 1.93. The lowest BCUT2D eigenvalue weighted by atomic mass is 10.1. The summed E-state index contributed by atoms with van der Waals surface area (Å²) in [5, 5.41) is 3.76. The first kappa shape index (κ1) is 25.3. The first-order chi connectivity index (χ1) is 16.6. The standard InChI is InChI=1S/C22H13F9N4O/c1-11-6-12(4-5-32-11)14-9-33-35-18(22(29,30)31)8-16(34-19(14)35)13-2-3-15(21(26,27)28)17(7-13)36-10-20(23,24)25/h2-9H,10H2,1H3. The minimum absolute atomic E-state index is 0.174. The third-order valence-electron chi connectivity index (χ3n) is 4.94. The van der Waals surface area contributed by atoms with Crippen LogP contribution in [0.5, 0.6) is 5.75 Å². The average molecular weight is 520 g/mol. The van der Waals surface area contributed by atoms with Crippen molar-refractivity contribution in [3.63, 3.8) is 0 Å². The highest BCUT2D eigenvalue weighted by molar-refractivity contribution is 5.79.